The molecule has 1 aliphatic rings. The predicted molar refractivity (Wildman–Crippen MR) is 99.0 cm³/mol. The largest absolute Gasteiger partial charge is 0.462 e. The van der Waals surface area contributed by atoms with Crippen molar-refractivity contribution in [2.75, 3.05) is 44.6 Å². The van der Waals surface area contributed by atoms with Gasteiger partial charge in [0.25, 0.3) is 0 Å². The van der Waals surface area contributed by atoms with Gasteiger partial charge in [-0.2, -0.15) is 0 Å². The maximum Gasteiger partial charge on any atom is 0.340 e. The summed E-state index contributed by atoms with van der Waals surface area (Å²) in [7, 11) is 0. The van der Waals surface area contributed by atoms with Gasteiger partial charge in [0.2, 0.25) is 0 Å². The minimum atomic E-state index is -0.417. The van der Waals surface area contributed by atoms with Crippen molar-refractivity contribution in [2.24, 2.45) is 0 Å². The van der Waals surface area contributed by atoms with Crippen molar-refractivity contribution < 1.29 is 14.3 Å². The number of piperazine rings is 1. The molecule has 0 bridgehead atoms. The van der Waals surface area contributed by atoms with Crippen LogP contribution in [0.1, 0.15) is 43.5 Å². The summed E-state index contributed by atoms with van der Waals surface area (Å²) < 4.78 is 5.05. The van der Waals surface area contributed by atoms with Crippen molar-refractivity contribution in [2.45, 2.75) is 33.1 Å². The van der Waals surface area contributed by atoms with Crippen LogP contribution in [-0.4, -0.2) is 61.1 Å². The molecule has 0 unspecified atom stereocenters. The molecule has 0 aromatic heterocycles. The van der Waals surface area contributed by atoms with Crippen LogP contribution in [0.4, 0.5) is 10.5 Å². The summed E-state index contributed by atoms with van der Waals surface area (Å²) >= 11 is 0. The molecule has 0 saturated carbocycles. The number of amides is 2. The van der Waals surface area contributed by atoms with Crippen LogP contribution in [0.15, 0.2) is 24.3 Å². The number of carbonyl (C=O) groups is 2. The molecule has 0 spiro atoms. The molecule has 1 fully saturated rings. The van der Waals surface area contributed by atoms with Crippen molar-refractivity contribution >= 4 is 17.7 Å². The molecule has 1 heterocycles. The van der Waals surface area contributed by atoms with Crippen molar-refractivity contribution in [3.8, 4) is 0 Å². The Bertz CT molecular complexity index is 569. The van der Waals surface area contributed by atoms with E-state index in [9.17, 15) is 9.59 Å². The smallest absolute Gasteiger partial charge is 0.340 e. The van der Waals surface area contributed by atoms with Crippen LogP contribution >= 0.6 is 0 Å². The Hall–Kier alpha value is -2.08. The fraction of sp³-hybridized carbons (Fsp3) is 0.579. The number of anilines is 1. The van der Waals surface area contributed by atoms with E-state index >= 15 is 0 Å². The van der Waals surface area contributed by atoms with Gasteiger partial charge >= 0.3 is 12.0 Å². The molecule has 0 aliphatic carbocycles. The van der Waals surface area contributed by atoms with E-state index in [1.807, 2.05) is 0 Å². The lowest BCUT2D eigenvalue weighted by atomic mass is 10.2. The number of benzene rings is 1. The Kier molecular flexibility index (Phi) is 7.73. The van der Waals surface area contributed by atoms with E-state index in [0.717, 1.165) is 19.6 Å². The van der Waals surface area contributed by atoms with Gasteiger partial charge < -0.3 is 15.0 Å². The van der Waals surface area contributed by atoms with Crippen LogP contribution in [0.3, 0.4) is 0 Å². The molecular weight excluding hydrogens is 318 g/mol. The van der Waals surface area contributed by atoms with E-state index < -0.39 is 5.97 Å². The highest BCUT2D eigenvalue weighted by Gasteiger charge is 2.22. The normalized spacial score (nSPS) is 15.0. The molecule has 0 atom stereocenters. The number of hydrogen-bond acceptors (Lipinski definition) is 4. The molecule has 2 rings (SSSR count). The number of ether oxygens (including phenoxy) is 1. The van der Waals surface area contributed by atoms with Crippen LogP contribution < -0.4 is 5.32 Å². The van der Waals surface area contributed by atoms with E-state index in [2.05, 4.69) is 17.1 Å². The first-order valence-electron chi connectivity index (χ1n) is 9.20. The second kappa shape index (κ2) is 10.0. The lowest BCUT2D eigenvalue weighted by Gasteiger charge is -2.34. The maximum atomic E-state index is 12.5. The molecule has 2 amide bonds. The van der Waals surface area contributed by atoms with Gasteiger partial charge in [0, 0.05) is 26.2 Å². The Morgan fingerprint density at radius 2 is 1.80 bits per heavy atom. The van der Waals surface area contributed by atoms with Crippen LogP contribution in [0.25, 0.3) is 0 Å². The second-order valence-corrected chi connectivity index (χ2v) is 6.23. The molecule has 138 valence electrons. The van der Waals surface area contributed by atoms with E-state index in [-0.39, 0.29) is 6.03 Å². The minimum absolute atomic E-state index is 0.162. The molecule has 1 saturated heterocycles. The fourth-order valence-electron chi connectivity index (χ4n) is 2.93. The Morgan fingerprint density at radius 3 is 2.48 bits per heavy atom. The molecule has 1 aliphatic heterocycles. The highest BCUT2D eigenvalue weighted by molar-refractivity contribution is 6.00. The summed E-state index contributed by atoms with van der Waals surface area (Å²) in [5.74, 6) is -0.417. The molecule has 6 nitrogen and oxygen atoms in total. The number of urea groups is 1. The van der Waals surface area contributed by atoms with Crippen LogP contribution in [0.2, 0.25) is 0 Å². The van der Waals surface area contributed by atoms with Crippen molar-refractivity contribution in [3.05, 3.63) is 29.8 Å². The maximum absolute atomic E-state index is 12.5. The lowest BCUT2D eigenvalue weighted by molar-refractivity contribution is 0.0527. The van der Waals surface area contributed by atoms with E-state index in [1.165, 1.54) is 19.3 Å². The zero-order valence-electron chi connectivity index (χ0n) is 15.3. The molecule has 25 heavy (non-hydrogen) atoms. The van der Waals surface area contributed by atoms with Gasteiger partial charge in [0.1, 0.15) is 0 Å². The molecule has 1 aromatic rings. The SMILES string of the molecule is CCCCCN1CCN(C(=O)Nc2ccccc2C(=O)OCC)CC1. The van der Waals surface area contributed by atoms with Gasteiger partial charge in [-0.1, -0.05) is 31.9 Å². The number of nitrogens with one attached hydrogen (secondary N) is 1. The molecule has 0 radical (unpaired) electrons. The number of hydrogen-bond donors (Lipinski definition) is 1. The van der Waals surface area contributed by atoms with Gasteiger partial charge in [-0.3, -0.25) is 4.90 Å². The minimum Gasteiger partial charge on any atom is -0.462 e. The van der Waals surface area contributed by atoms with Crippen molar-refractivity contribution in [1.29, 1.82) is 0 Å². The highest BCUT2D eigenvalue weighted by atomic mass is 16.5. The topological polar surface area (TPSA) is 61.9 Å². The van der Waals surface area contributed by atoms with Gasteiger partial charge in [0.15, 0.2) is 0 Å². The Morgan fingerprint density at radius 1 is 1.08 bits per heavy atom. The van der Waals surface area contributed by atoms with Gasteiger partial charge in [-0.05, 0) is 32.0 Å². The van der Waals surface area contributed by atoms with Gasteiger partial charge in [-0.15, -0.1) is 0 Å². The molecule has 1 aromatic carbocycles. The molecule has 1 N–H and O–H groups in total. The van der Waals surface area contributed by atoms with Crippen molar-refractivity contribution in [1.82, 2.24) is 9.80 Å². The summed E-state index contributed by atoms with van der Waals surface area (Å²) in [5, 5.41) is 2.85. The predicted octanol–water partition coefficient (Wildman–Crippen LogP) is 3.20. The van der Waals surface area contributed by atoms with Crippen LogP contribution in [-0.2, 0) is 4.74 Å². The average molecular weight is 347 g/mol. The first kappa shape index (κ1) is 19.2. The quantitative estimate of drug-likeness (QED) is 0.608. The van der Waals surface area contributed by atoms with E-state index in [0.29, 0.717) is 30.9 Å². The van der Waals surface area contributed by atoms with Gasteiger partial charge in [-0.25, -0.2) is 9.59 Å². The third-order valence-electron chi connectivity index (χ3n) is 4.40. The number of carbonyl (C=O) groups excluding carboxylic acids is 2. The van der Waals surface area contributed by atoms with E-state index in [1.54, 1.807) is 36.1 Å². The number of unbranched alkanes of at least 4 members (excludes halogenated alkanes) is 2. The number of esters is 1. The average Bonchev–Trinajstić information content (AvgIpc) is 2.63. The number of nitrogens with zero attached hydrogens (tertiary/aromatic N) is 2. The summed E-state index contributed by atoms with van der Waals surface area (Å²) in [4.78, 5) is 28.7. The third kappa shape index (κ3) is 5.74. The lowest BCUT2D eigenvalue weighted by Crippen LogP contribution is -2.50. The zero-order valence-corrected chi connectivity index (χ0v) is 15.3. The molecule has 6 heteroatoms. The molecular formula is C19H29N3O3. The first-order valence-corrected chi connectivity index (χ1v) is 9.20. The summed E-state index contributed by atoms with van der Waals surface area (Å²) in [6.07, 6.45) is 3.70. The van der Waals surface area contributed by atoms with Crippen LogP contribution in [0, 0.1) is 0 Å². The summed E-state index contributed by atoms with van der Waals surface area (Å²) in [6, 6.07) is 6.79. The van der Waals surface area contributed by atoms with Gasteiger partial charge in [0.05, 0.1) is 17.9 Å². The van der Waals surface area contributed by atoms with Crippen molar-refractivity contribution in [3.63, 3.8) is 0 Å². The fourth-order valence-corrected chi connectivity index (χ4v) is 2.93. The number of para-hydroxylation sites is 1. The number of rotatable bonds is 7. The first-order chi connectivity index (χ1) is 12.2. The standard InChI is InChI=1S/C19H29N3O3/c1-3-5-8-11-21-12-14-22(15-13-21)19(24)20-17-10-7-6-9-16(17)18(23)25-4-2/h6-7,9-10H,3-5,8,11-15H2,1-2H3,(H,20,24). The monoisotopic (exact) mass is 347 g/mol. The van der Waals surface area contributed by atoms with E-state index in [4.69, 9.17) is 4.74 Å². The van der Waals surface area contributed by atoms with Crippen LogP contribution in [0.5, 0.6) is 0 Å². The zero-order chi connectivity index (χ0) is 18.1. The Labute approximate surface area is 150 Å². The second-order valence-electron chi connectivity index (χ2n) is 6.23. The third-order valence-corrected chi connectivity index (χ3v) is 4.40. The highest BCUT2D eigenvalue weighted by Crippen LogP contribution is 2.17. The summed E-state index contributed by atoms with van der Waals surface area (Å²) in [5.41, 5.74) is 0.882. The summed E-state index contributed by atoms with van der Waals surface area (Å²) in [6.45, 7) is 8.60. The Balaban J connectivity index is 1.88.